The number of nitrogen functional groups attached to an aromatic ring is 1. The van der Waals surface area contributed by atoms with E-state index in [1.54, 1.807) is 13.0 Å². The van der Waals surface area contributed by atoms with Crippen LogP contribution in [0.4, 0.5) is 5.69 Å². The van der Waals surface area contributed by atoms with E-state index < -0.39 is 9.84 Å². The summed E-state index contributed by atoms with van der Waals surface area (Å²) in [6, 6.07) is 4.40. The van der Waals surface area contributed by atoms with Gasteiger partial charge in [0, 0.05) is 11.6 Å². The molecule has 0 aliphatic rings. The fourth-order valence-electron chi connectivity index (χ4n) is 1.20. The molecule has 90 valence electrons. The Labute approximate surface area is 100 Å². The maximum absolute atomic E-state index is 11.9. The SMILES string of the molecule is CCOCCS(=O)(=O)c1cc(Cl)ccc1N. The van der Waals surface area contributed by atoms with Gasteiger partial charge in [-0.25, -0.2) is 8.42 Å². The van der Waals surface area contributed by atoms with Crippen LogP contribution in [-0.4, -0.2) is 27.4 Å². The number of anilines is 1. The largest absolute Gasteiger partial charge is 0.398 e. The van der Waals surface area contributed by atoms with E-state index in [0.29, 0.717) is 11.6 Å². The van der Waals surface area contributed by atoms with Crippen molar-refractivity contribution in [1.29, 1.82) is 0 Å². The van der Waals surface area contributed by atoms with Crippen LogP contribution < -0.4 is 5.73 Å². The molecule has 4 nitrogen and oxygen atoms in total. The topological polar surface area (TPSA) is 69.4 Å². The molecule has 1 aromatic carbocycles. The molecular weight excluding hydrogens is 250 g/mol. The number of nitrogens with two attached hydrogens (primary N) is 1. The van der Waals surface area contributed by atoms with Crippen molar-refractivity contribution in [3.05, 3.63) is 23.2 Å². The number of halogens is 1. The molecule has 1 aromatic rings. The zero-order valence-electron chi connectivity index (χ0n) is 8.94. The molecule has 0 aliphatic carbocycles. The summed E-state index contributed by atoms with van der Waals surface area (Å²) in [5, 5.41) is 0.351. The highest BCUT2D eigenvalue weighted by atomic mass is 35.5. The lowest BCUT2D eigenvalue weighted by Crippen LogP contribution is -2.14. The first-order valence-electron chi connectivity index (χ1n) is 4.83. The molecule has 0 fully saturated rings. The molecule has 0 aromatic heterocycles. The molecule has 0 amide bonds. The number of ether oxygens (including phenoxy) is 1. The lowest BCUT2D eigenvalue weighted by Gasteiger charge is -2.07. The van der Waals surface area contributed by atoms with Gasteiger partial charge in [-0.05, 0) is 25.1 Å². The summed E-state index contributed by atoms with van der Waals surface area (Å²) in [7, 11) is -3.42. The predicted molar refractivity (Wildman–Crippen MR) is 64.4 cm³/mol. The second kappa shape index (κ2) is 5.52. The summed E-state index contributed by atoms with van der Waals surface area (Å²) in [4.78, 5) is 0.0692. The molecule has 0 bridgehead atoms. The molecular formula is C10H14ClNO3S. The van der Waals surface area contributed by atoms with E-state index in [-0.39, 0.29) is 22.9 Å². The highest BCUT2D eigenvalue weighted by Gasteiger charge is 2.17. The first-order valence-corrected chi connectivity index (χ1v) is 6.86. The van der Waals surface area contributed by atoms with Crippen molar-refractivity contribution in [2.75, 3.05) is 24.7 Å². The van der Waals surface area contributed by atoms with Gasteiger partial charge in [0.2, 0.25) is 0 Å². The summed E-state index contributed by atoms with van der Waals surface area (Å²) in [5.41, 5.74) is 5.81. The van der Waals surface area contributed by atoms with Gasteiger partial charge in [0.25, 0.3) is 0 Å². The highest BCUT2D eigenvalue weighted by molar-refractivity contribution is 7.91. The third-order valence-corrected chi connectivity index (χ3v) is 3.97. The van der Waals surface area contributed by atoms with Crippen LogP contribution in [-0.2, 0) is 14.6 Å². The minimum atomic E-state index is -3.42. The summed E-state index contributed by atoms with van der Waals surface area (Å²) in [6.45, 7) is 2.45. The molecule has 0 unspecified atom stereocenters. The summed E-state index contributed by atoms with van der Waals surface area (Å²) >= 11 is 5.73. The van der Waals surface area contributed by atoms with Gasteiger partial charge in [0.15, 0.2) is 9.84 Å². The van der Waals surface area contributed by atoms with Crippen molar-refractivity contribution >= 4 is 27.1 Å². The lowest BCUT2D eigenvalue weighted by atomic mass is 10.3. The number of benzene rings is 1. The van der Waals surface area contributed by atoms with Gasteiger partial charge in [-0.2, -0.15) is 0 Å². The average molecular weight is 264 g/mol. The van der Waals surface area contributed by atoms with Crippen molar-refractivity contribution in [2.45, 2.75) is 11.8 Å². The second-order valence-electron chi connectivity index (χ2n) is 3.20. The van der Waals surface area contributed by atoms with Crippen LogP contribution in [0.1, 0.15) is 6.92 Å². The fraction of sp³-hybridized carbons (Fsp3) is 0.400. The molecule has 0 saturated carbocycles. The van der Waals surface area contributed by atoms with Crippen molar-refractivity contribution < 1.29 is 13.2 Å². The Morgan fingerprint density at radius 2 is 2.12 bits per heavy atom. The van der Waals surface area contributed by atoms with E-state index in [1.165, 1.54) is 12.1 Å². The van der Waals surface area contributed by atoms with Crippen LogP contribution in [0.2, 0.25) is 5.02 Å². The Hall–Kier alpha value is -0.780. The quantitative estimate of drug-likeness (QED) is 0.649. The molecule has 1 rings (SSSR count). The van der Waals surface area contributed by atoms with Gasteiger partial charge in [0.1, 0.15) is 0 Å². The van der Waals surface area contributed by atoms with Crippen molar-refractivity contribution in [3.8, 4) is 0 Å². The van der Waals surface area contributed by atoms with Crippen LogP contribution in [0.3, 0.4) is 0 Å². The number of sulfone groups is 1. The zero-order chi connectivity index (χ0) is 12.2. The Kier molecular flexibility index (Phi) is 4.58. The van der Waals surface area contributed by atoms with Crippen LogP contribution in [0.25, 0.3) is 0 Å². The minimum Gasteiger partial charge on any atom is -0.398 e. The highest BCUT2D eigenvalue weighted by Crippen LogP contribution is 2.23. The molecule has 16 heavy (non-hydrogen) atoms. The Bertz CT molecular complexity index is 459. The van der Waals surface area contributed by atoms with Crippen molar-refractivity contribution in [2.24, 2.45) is 0 Å². The monoisotopic (exact) mass is 263 g/mol. The van der Waals surface area contributed by atoms with Gasteiger partial charge in [-0.1, -0.05) is 11.6 Å². The molecule has 0 saturated heterocycles. The Morgan fingerprint density at radius 3 is 2.75 bits per heavy atom. The average Bonchev–Trinajstić information content (AvgIpc) is 2.22. The Morgan fingerprint density at radius 1 is 1.44 bits per heavy atom. The van der Waals surface area contributed by atoms with Crippen LogP contribution in [0.15, 0.2) is 23.1 Å². The summed E-state index contributed by atoms with van der Waals surface area (Å²) in [5.74, 6) is -0.0919. The van der Waals surface area contributed by atoms with Gasteiger partial charge >= 0.3 is 0 Å². The van der Waals surface area contributed by atoms with E-state index in [2.05, 4.69) is 0 Å². The maximum Gasteiger partial charge on any atom is 0.182 e. The molecule has 6 heteroatoms. The lowest BCUT2D eigenvalue weighted by molar-refractivity contribution is 0.163. The van der Waals surface area contributed by atoms with Crippen LogP contribution in [0, 0.1) is 0 Å². The van der Waals surface area contributed by atoms with Gasteiger partial charge in [-0.15, -0.1) is 0 Å². The van der Waals surface area contributed by atoms with E-state index in [4.69, 9.17) is 22.1 Å². The number of hydrogen-bond acceptors (Lipinski definition) is 4. The standard InChI is InChI=1S/C10H14ClNO3S/c1-2-15-5-6-16(13,14)10-7-8(11)3-4-9(10)12/h3-4,7H,2,5-6,12H2,1H3. The van der Waals surface area contributed by atoms with E-state index >= 15 is 0 Å². The van der Waals surface area contributed by atoms with Crippen LogP contribution in [0.5, 0.6) is 0 Å². The zero-order valence-corrected chi connectivity index (χ0v) is 10.5. The van der Waals surface area contributed by atoms with Crippen molar-refractivity contribution in [3.63, 3.8) is 0 Å². The van der Waals surface area contributed by atoms with E-state index in [0.717, 1.165) is 0 Å². The summed E-state index contributed by atoms with van der Waals surface area (Å²) in [6.07, 6.45) is 0. The third kappa shape index (κ3) is 3.37. The first-order chi connectivity index (χ1) is 7.47. The minimum absolute atomic E-state index is 0.0692. The number of hydrogen-bond donors (Lipinski definition) is 1. The van der Waals surface area contributed by atoms with E-state index in [1.807, 2.05) is 0 Å². The molecule has 2 N–H and O–H groups in total. The molecule has 0 spiro atoms. The third-order valence-electron chi connectivity index (χ3n) is 2.01. The predicted octanol–water partition coefficient (Wildman–Crippen LogP) is 1.73. The van der Waals surface area contributed by atoms with Gasteiger partial charge in [0.05, 0.1) is 22.9 Å². The molecule has 0 atom stereocenters. The molecule has 0 radical (unpaired) electrons. The van der Waals surface area contributed by atoms with Crippen LogP contribution >= 0.6 is 11.6 Å². The van der Waals surface area contributed by atoms with Crippen molar-refractivity contribution in [1.82, 2.24) is 0 Å². The van der Waals surface area contributed by atoms with Gasteiger partial charge < -0.3 is 10.5 Å². The maximum atomic E-state index is 11.9. The van der Waals surface area contributed by atoms with E-state index in [9.17, 15) is 8.42 Å². The fourth-order valence-corrected chi connectivity index (χ4v) is 2.73. The smallest absolute Gasteiger partial charge is 0.182 e. The number of rotatable bonds is 5. The second-order valence-corrected chi connectivity index (χ2v) is 5.71. The molecule has 0 heterocycles. The molecule has 0 aliphatic heterocycles. The first kappa shape index (κ1) is 13.3. The summed E-state index contributed by atoms with van der Waals surface area (Å²) < 4.78 is 28.7. The normalized spacial score (nSPS) is 11.6. The Balaban J connectivity index is 2.93. The van der Waals surface area contributed by atoms with Gasteiger partial charge in [-0.3, -0.25) is 0 Å².